The van der Waals surface area contributed by atoms with Crippen LogP contribution in [0.4, 0.5) is 0 Å². The van der Waals surface area contributed by atoms with Gasteiger partial charge in [-0.3, -0.25) is 4.90 Å². The molecule has 1 atom stereocenters. The molecule has 1 saturated heterocycles. The molecule has 3 aromatic rings. The van der Waals surface area contributed by atoms with Crippen LogP contribution in [0.15, 0.2) is 60.9 Å². The molecule has 2 heterocycles. The van der Waals surface area contributed by atoms with Crippen LogP contribution in [0.1, 0.15) is 27.8 Å². The highest BCUT2D eigenvalue weighted by Gasteiger charge is 2.29. The second-order valence-corrected chi connectivity index (χ2v) is 6.43. The van der Waals surface area contributed by atoms with Crippen LogP contribution >= 0.6 is 0 Å². The Balaban J connectivity index is 1.58. The van der Waals surface area contributed by atoms with Crippen LogP contribution in [0, 0.1) is 0 Å². The minimum atomic E-state index is -0.915. The first-order chi connectivity index (χ1) is 13.2. The summed E-state index contributed by atoms with van der Waals surface area (Å²) in [6.07, 6.45) is 1.57. The van der Waals surface area contributed by atoms with Crippen molar-refractivity contribution in [3.05, 3.63) is 77.9 Å². The highest BCUT2D eigenvalue weighted by atomic mass is 16.5. The fourth-order valence-electron chi connectivity index (χ4n) is 3.30. The molecule has 0 bridgehead atoms. The van der Waals surface area contributed by atoms with E-state index in [0.29, 0.717) is 25.3 Å². The third-order valence-electron chi connectivity index (χ3n) is 4.70. The Morgan fingerprint density at radius 2 is 1.93 bits per heavy atom. The van der Waals surface area contributed by atoms with Crippen molar-refractivity contribution >= 4 is 5.97 Å². The lowest BCUT2D eigenvalue weighted by Crippen LogP contribution is -2.40. The van der Waals surface area contributed by atoms with E-state index in [4.69, 9.17) is 9.84 Å². The molecule has 0 saturated carbocycles. The minimum Gasteiger partial charge on any atom is -0.478 e. The van der Waals surface area contributed by atoms with Crippen molar-refractivity contribution in [3.63, 3.8) is 0 Å². The Kier molecular flexibility index (Phi) is 4.95. The molecular formula is C20H20N4O3. The highest BCUT2D eigenvalue weighted by molar-refractivity contribution is 5.87. The first-order valence-electron chi connectivity index (χ1n) is 8.82. The summed E-state index contributed by atoms with van der Waals surface area (Å²) < 4.78 is 7.56. The first kappa shape index (κ1) is 17.4. The van der Waals surface area contributed by atoms with Crippen LogP contribution in [-0.2, 0) is 11.3 Å². The number of morpholine rings is 1. The standard InChI is InChI=1S/C20H20N4O3/c25-20(26)16-8-6-15(7-9-16)12-23-10-11-27-13-18(23)19-21-14-22-24(19)17-4-2-1-3-5-17/h1-9,14,18H,10-13H2,(H,25,26). The van der Waals surface area contributed by atoms with Crippen molar-refractivity contribution < 1.29 is 14.6 Å². The Labute approximate surface area is 156 Å². The molecule has 138 valence electrons. The molecule has 0 radical (unpaired) electrons. The normalized spacial score (nSPS) is 17.7. The maximum Gasteiger partial charge on any atom is 0.335 e. The second kappa shape index (κ2) is 7.69. The zero-order chi connectivity index (χ0) is 18.6. The molecule has 1 fully saturated rings. The average molecular weight is 364 g/mol. The first-order valence-corrected chi connectivity index (χ1v) is 8.82. The number of benzene rings is 2. The van der Waals surface area contributed by atoms with Gasteiger partial charge in [-0.05, 0) is 29.8 Å². The number of carboxylic acid groups (broad SMARTS) is 1. The predicted octanol–water partition coefficient (Wildman–Crippen LogP) is 2.54. The van der Waals surface area contributed by atoms with Crippen molar-refractivity contribution in [3.8, 4) is 5.69 Å². The fraction of sp³-hybridized carbons (Fsp3) is 0.250. The fourth-order valence-corrected chi connectivity index (χ4v) is 3.30. The van der Waals surface area contributed by atoms with Crippen molar-refractivity contribution in [1.29, 1.82) is 0 Å². The Bertz CT molecular complexity index is 908. The zero-order valence-corrected chi connectivity index (χ0v) is 14.7. The van der Waals surface area contributed by atoms with E-state index in [0.717, 1.165) is 23.6 Å². The maximum atomic E-state index is 11.0. The molecule has 1 N–H and O–H groups in total. The Morgan fingerprint density at radius 3 is 2.67 bits per heavy atom. The molecule has 2 aromatic carbocycles. The van der Waals surface area contributed by atoms with E-state index in [9.17, 15) is 4.79 Å². The number of carbonyl (C=O) groups is 1. The average Bonchev–Trinajstić information content (AvgIpc) is 3.19. The molecule has 27 heavy (non-hydrogen) atoms. The van der Waals surface area contributed by atoms with Crippen LogP contribution in [0.2, 0.25) is 0 Å². The third kappa shape index (κ3) is 3.74. The van der Waals surface area contributed by atoms with Gasteiger partial charge in [-0.15, -0.1) is 0 Å². The van der Waals surface area contributed by atoms with E-state index >= 15 is 0 Å². The summed E-state index contributed by atoms with van der Waals surface area (Å²) in [5.41, 5.74) is 2.31. The summed E-state index contributed by atoms with van der Waals surface area (Å²) >= 11 is 0. The molecule has 0 amide bonds. The lowest BCUT2D eigenvalue weighted by atomic mass is 10.1. The molecule has 7 nitrogen and oxygen atoms in total. The number of carboxylic acids is 1. The van der Waals surface area contributed by atoms with Gasteiger partial charge in [0.2, 0.25) is 0 Å². The van der Waals surface area contributed by atoms with Crippen LogP contribution in [0.25, 0.3) is 5.69 Å². The van der Waals surface area contributed by atoms with E-state index in [1.807, 2.05) is 47.1 Å². The van der Waals surface area contributed by atoms with Crippen molar-refractivity contribution in [2.24, 2.45) is 0 Å². The molecule has 0 aliphatic carbocycles. The molecule has 4 rings (SSSR count). The summed E-state index contributed by atoms with van der Waals surface area (Å²) in [5.74, 6) is -0.0789. The molecule has 1 unspecified atom stereocenters. The predicted molar refractivity (Wildman–Crippen MR) is 98.7 cm³/mol. The minimum absolute atomic E-state index is 0.0272. The number of aromatic carboxylic acids is 1. The highest BCUT2D eigenvalue weighted by Crippen LogP contribution is 2.26. The van der Waals surface area contributed by atoms with Crippen LogP contribution in [0.5, 0.6) is 0 Å². The van der Waals surface area contributed by atoms with Gasteiger partial charge < -0.3 is 9.84 Å². The Hall–Kier alpha value is -3.03. The van der Waals surface area contributed by atoms with E-state index in [-0.39, 0.29) is 6.04 Å². The topological polar surface area (TPSA) is 80.5 Å². The van der Waals surface area contributed by atoms with Gasteiger partial charge in [-0.25, -0.2) is 14.5 Å². The molecule has 1 aliphatic heterocycles. The summed E-state index contributed by atoms with van der Waals surface area (Å²) in [4.78, 5) is 17.8. The van der Waals surface area contributed by atoms with Crippen LogP contribution in [-0.4, -0.2) is 50.5 Å². The SMILES string of the molecule is O=C(O)c1ccc(CN2CCOCC2c2ncnn2-c2ccccc2)cc1. The van der Waals surface area contributed by atoms with Gasteiger partial charge in [-0.2, -0.15) is 5.10 Å². The van der Waals surface area contributed by atoms with Gasteiger partial charge in [0.25, 0.3) is 0 Å². The molecule has 0 spiro atoms. The molecular weight excluding hydrogens is 344 g/mol. The van der Waals surface area contributed by atoms with E-state index in [1.54, 1.807) is 18.5 Å². The van der Waals surface area contributed by atoms with Gasteiger partial charge in [-0.1, -0.05) is 30.3 Å². The van der Waals surface area contributed by atoms with Crippen LogP contribution in [0.3, 0.4) is 0 Å². The van der Waals surface area contributed by atoms with Crippen LogP contribution < -0.4 is 0 Å². The number of para-hydroxylation sites is 1. The lowest BCUT2D eigenvalue weighted by molar-refractivity contribution is -0.0166. The van der Waals surface area contributed by atoms with E-state index in [2.05, 4.69) is 15.0 Å². The van der Waals surface area contributed by atoms with Crippen molar-refractivity contribution in [2.75, 3.05) is 19.8 Å². The number of hydrogen-bond acceptors (Lipinski definition) is 5. The number of aromatic nitrogens is 3. The molecule has 1 aliphatic rings. The van der Waals surface area contributed by atoms with Crippen molar-refractivity contribution in [1.82, 2.24) is 19.7 Å². The third-order valence-corrected chi connectivity index (χ3v) is 4.70. The zero-order valence-electron chi connectivity index (χ0n) is 14.7. The van der Waals surface area contributed by atoms with E-state index in [1.165, 1.54) is 0 Å². The smallest absolute Gasteiger partial charge is 0.335 e. The van der Waals surface area contributed by atoms with Gasteiger partial charge in [0.05, 0.1) is 30.5 Å². The summed E-state index contributed by atoms with van der Waals surface area (Å²) in [6, 6.07) is 16.9. The van der Waals surface area contributed by atoms with Crippen molar-refractivity contribution in [2.45, 2.75) is 12.6 Å². The van der Waals surface area contributed by atoms with Gasteiger partial charge >= 0.3 is 5.97 Å². The maximum absolute atomic E-state index is 11.0. The number of rotatable bonds is 5. The second-order valence-electron chi connectivity index (χ2n) is 6.43. The molecule has 7 heteroatoms. The van der Waals surface area contributed by atoms with Gasteiger partial charge in [0, 0.05) is 13.1 Å². The Morgan fingerprint density at radius 1 is 1.15 bits per heavy atom. The van der Waals surface area contributed by atoms with E-state index < -0.39 is 5.97 Å². The molecule has 1 aromatic heterocycles. The monoisotopic (exact) mass is 364 g/mol. The number of hydrogen-bond donors (Lipinski definition) is 1. The number of nitrogens with zero attached hydrogens (tertiary/aromatic N) is 4. The summed E-state index contributed by atoms with van der Waals surface area (Å²) in [6.45, 7) is 2.66. The summed E-state index contributed by atoms with van der Waals surface area (Å²) in [7, 11) is 0. The summed E-state index contributed by atoms with van der Waals surface area (Å²) in [5, 5.41) is 13.5. The quantitative estimate of drug-likeness (QED) is 0.749. The van der Waals surface area contributed by atoms with Gasteiger partial charge in [0.1, 0.15) is 6.33 Å². The number of ether oxygens (including phenoxy) is 1. The lowest BCUT2D eigenvalue weighted by Gasteiger charge is -2.35. The van der Waals surface area contributed by atoms with Gasteiger partial charge in [0.15, 0.2) is 5.82 Å². The largest absolute Gasteiger partial charge is 0.478 e.